The SMILES string of the molecule is COc1cccc(CN(C)CCCCS)c1. The van der Waals surface area contributed by atoms with Crippen molar-refractivity contribution >= 4 is 12.6 Å². The van der Waals surface area contributed by atoms with Gasteiger partial charge in [0.05, 0.1) is 7.11 Å². The maximum Gasteiger partial charge on any atom is 0.119 e. The van der Waals surface area contributed by atoms with Crippen LogP contribution in [0.1, 0.15) is 18.4 Å². The van der Waals surface area contributed by atoms with E-state index in [1.165, 1.54) is 18.4 Å². The van der Waals surface area contributed by atoms with Crippen molar-refractivity contribution < 1.29 is 4.74 Å². The highest BCUT2D eigenvalue weighted by Crippen LogP contribution is 2.13. The Hall–Kier alpha value is -0.670. The fourth-order valence-electron chi connectivity index (χ4n) is 1.66. The minimum absolute atomic E-state index is 0.932. The van der Waals surface area contributed by atoms with E-state index in [9.17, 15) is 0 Å². The van der Waals surface area contributed by atoms with Gasteiger partial charge in [-0.15, -0.1) is 0 Å². The summed E-state index contributed by atoms with van der Waals surface area (Å²) >= 11 is 4.21. The van der Waals surface area contributed by atoms with Gasteiger partial charge in [0.15, 0.2) is 0 Å². The number of thiol groups is 1. The summed E-state index contributed by atoms with van der Waals surface area (Å²) in [6.45, 7) is 2.10. The second-order valence-electron chi connectivity index (χ2n) is 4.02. The average molecular weight is 239 g/mol. The first-order chi connectivity index (χ1) is 7.76. The third-order valence-electron chi connectivity index (χ3n) is 2.53. The zero-order valence-corrected chi connectivity index (χ0v) is 11.0. The number of nitrogens with zero attached hydrogens (tertiary/aromatic N) is 1. The quantitative estimate of drug-likeness (QED) is 0.580. The second kappa shape index (κ2) is 7.58. The zero-order valence-electron chi connectivity index (χ0n) is 10.1. The first kappa shape index (κ1) is 13.4. The standard InChI is InChI=1S/C13H21NOS/c1-14(8-3-4-9-16)11-12-6-5-7-13(10-12)15-2/h5-7,10,16H,3-4,8-9,11H2,1-2H3. The predicted molar refractivity (Wildman–Crippen MR) is 72.4 cm³/mol. The topological polar surface area (TPSA) is 12.5 Å². The monoisotopic (exact) mass is 239 g/mol. The molecule has 0 fully saturated rings. The second-order valence-corrected chi connectivity index (χ2v) is 4.47. The molecule has 90 valence electrons. The van der Waals surface area contributed by atoms with Gasteiger partial charge in [-0.05, 0) is 49.9 Å². The molecule has 1 aromatic rings. The number of hydrogen-bond donors (Lipinski definition) is 1. The third kappa shape index (κ3) is 4.90. The first-order valence-corrected chi connectivity index (χ1v) is 6.32. The fraction of sp³-hybridized carbons (Fsp3) is 0.538. The largest absolute Gasteiger partial charge is 0.497 e. The molecule has 1 rings (SSSR count). The van der Waals surface area contributed by atoms with Gasteiger partial charge in [-0.2, -0.15) is 12.6 Å². The highest BCUT2D eigenvalue weighted by molar-refractivity contribution is 7.80. The summed E-state index contributed by atoms with van der Waals surface area (Å²) in [5.74, 6) is 1.91. The lowest BCUT2D eigenvalue weighted by Gasteiger charge is -2.16. The van der Waals surface area contributed by atoms with Crippen LogP contribution in [0.3, 0.4) is 0 Å². The van der Waals surface area contributed by atoms with Crippen LogP contribution in [0.15, 0.2) is 24.3 Å². The Balaban J connectivity index is 2.39. The lowest BCUT2D eigenvalue weighted by Crippen LogP contribution is -2.19. The van der Waals surface area contributed by atoms with E-state index >= 15 is 0 Å². The lowest BCUT2D eigenvalue weighted by molar-refractivity contribution is 0.320. The third-order valence-corrected chi connectivity index (χ3v) is 2.85. The molecular weight excluding hydrogens is 218 g/mol. The van der Waals surface area contributed by atoms with E-state index in [1.54, 1.807) is 7.11 Å². The lowest BCUT2D eigenvalue weighted by atomic mass is 10.2. The summed E-state index contributed by atoms with van der Waals surface area (Å²) < 4.78 is 5.21. The van der Waals surface area contributed by atoms with Gasteiger partial charge in [0.1, 0.15) is 5.75 Å². The normalized spacial score (nSPS) is 10.8. The van der Waals surface area contributed by atoms with Crippen LogP contribution in [-0.2, 0) is 6.54 Å². The van der Waals surface area contributed by atoms with Crippen LogP contribution < -0.4 is 4.74 Å². The molecule has 0 unspecified atom stereocenters. The van der Waals surface area contributed by atoms with Crippen molar-refractivity contribution in [3.8, 4) is 5.75 Å². The van der Waals surface area contributed by atoms with E-state index in [2.05, 4.69) is 36.7 Å². The molecule has 0 bridgehead atoms. The molecule has 0 N–H and O–H groups in total. The molecule has 0 aliphatic rings. The Morgan fingerprint density at radius 2 is 2.12 bits per heavy atom. The smallest absolute Gasteiger partial charge is 0.119 e. The number of benzene rings is 1. The van der Waals surface area contributed by atoms with Crippen molar-refractivity contribution in [3.63, 3.8) is 0 Å². The Labute approximate surface area is 104 Å². The summed E-state index contributed by atoms with van der Waals surface area (Å²) in [4.78, 5) is 2.33. The predicted octanol–water partition coefficient (Wildman–Crippen LogP) is 2.84. The van der Waals surface area contributed by atoms with E-state index in [1.807, 2.05) is 12.1 Å². The van der Waals surface area contributed by atoms with Gasteiger partial charge in [0.2, 0.25) is 0 Å². The van der Waals surface area contributed by atoms with Gasteiger partial charge in [0.25, 0.3) is 0 Å². The van der Waals surface area contributed by atoms with E-state index in [0.29, 0.717) is 0 Å². The number of rotatable bonds is 7. The van der Waals surface area contributed by atoms with Gasteiger partial charge < -0.3 is 9.64 Å². The number of hydrogen-bond acceptors (Lipinski definition) is 3. The summed E-state index contributed by atoms with van der Waals surface area (Å²) in [5, 5.41) is 0. The summed E-state index contributed by atoms with van der Waals surface area (Å²) in [6.07, 6.45) is 2.40. The number of unbranched alkanes of at least 4 members (excludes halogenated alkanes) is 1. The molecule has 0 heterocycles. The van der Waals surface area contributed by atoms with Crippen LogP contribution in [0.2, 0.25) is 0 Å². The maximum absolute atomic E-state index is 5.21. The molecule has 0 radical (unpaired) electrons. The molecule has 0 saturated carbocycles. The Kier molecular flexibility index (Phi) is 6.34. The molecule has 0 aromatic heterocycles. The van der Waals surface area contributed by atoms with Crippen LogP contribution in [0, 0.1) is 0 Å². The van der Waals surface area contributed by atoms with Crippen molar-refractivity contribution in [1.29, 1.82) is 0 Å². The van der Waals surface area contributed by atoms with Gasteiger partial charge in [-0.3, -0.25) is 0 Å². The van der Waals surface area contributed by atoms with Crippen molar-refractivity contribution in [3.05, 3.63) is 29.8 Å². The molecule has 0 amide bonds. The van der Waals surface area contributed by atoms with Crippen molar-refractivity contribution in [2.24, 2.45) is 0 Å². The molecular formula is C13H21NOS. The highest BCUT2D eigenvalue weighted by atomic mass is 32.1. The molecule has 2 nitrogen and oxygen atoms in total. The molecule has 0 aliphatic carbocycles. The summed E-state index contributed by atoms with van der Waals surface area (Å²) in [7, 11) is 3.85. The van der Waals surface area contributed by atoms with Crippen LogP contribution in [0.25, 0.3) is 0 Å². The fourth-order valence-corrected chi connectivity index (χ4v) is 1.88. The van der Waals surface area contributed by atoms with Crippen LogP contribution in [-0.4, -0.2) is 31.4 Å². The maximum atomic E-state index is 5.21. The Morgan fingerprint density at radius 3 is 2.81 bits per heavy atom. The van der Waals surface area contributed by atoms with Gasteiger partial charge in [-0.25, -0.2) is 0 Å². The van der Waals surface area contributed by atoms with Gasteiger partial charge in [0, 0.05) is 6.54 Å². The molecule has 0 saturated heterocycles. The zero-order chi connectivity index (χ0) is 11.8. The number of methoxy groups -OCH3 is 1. The molecule has 16 heavy (non-hydrogen) atoms. The highest BCUT2D eigenvalue weighted by Gasteiger charge is 2.01. The van der Waals surface area contributed by atoms with E-state index in [0.717, 1.165) is 24.6 Å². The van der Waals surface area contributed by atoms with Gasteiger partial charge in [-0.1, -0.05) is 12.1 Å². The number of ether oxygens (including phenoxy) is 1. The first-order valence-electron chi connectivity index (χ1n) is 5.68. The van der Waals surface area contributed by atoms with E-state index in [-0.39, 0.29) is 0 Å². The van der Waals surface area contributed by atoms with E-state index < -0.39 is 0 Å². The molecule has 3 heteroatoms. The van der Waals surface area contributed by atoms with Crippen molar-refractivity contribution in [2.45, 2.75) is 19.4 Å². The van der Waals surface area contributed by atoms with Gasteiger partial charge >= 0.3 is 0 Å². The molecule has 1 aromatic carbocycles. The average Bonchev–Trinajstić information content (AvgIpc) is 2.29. The summed E-state index contributed by atoms with van der Waals surface area (Å²) in [5.41, 5.74) is 1.30. The summed E-state index contributed by atoms with van der Waals surface area (Å²) in [6, 6.07) is 8.24. The molecule has 0 aliphatic heterocycles. The molecule has 0 spiro atoms. The van der Waals surface area contributed by atoms with Crippen LogP contribution in [0.4, 0.5) is 0 Å². The van der Waals surface area contributed by atoms with Crippen LogP contribution in [0.5, 0.6) is 5.75 Å². The van der Waals surface area contributed by atoms with E-state index in [4.69, 9.17) is 4.74 Å². The minimum Gasteiger partial charge on any atom is -0.497 e. The minimum atomic E-state index is 0.932. The van der Waals surface area contributed by atoms with Crippen LogP contribution >= 0.6 is 12.6 Å². The van der Waals surface area contributed by atoms with Crippen molar-refractivity contribution in [2.75, 3.05) is 26.5 Å². The Bertz CT molecular complexity index is 304. The Morgan fingerprint density at radius 1 is 1.31 bits per heavy atom. The van der Waals surface area contributed by atoms with Crippen molar-refractivity contribution in [1.82, 2.24) is 4.90 Å². The molecule has 0 atom stereocenters.